The number of carbonyl (C=O) groups is 1. The average Bonchev–Trinajstić information content (AvgIpc) is 3.03. The van der Waals surface area contributed by atoms with Crippen LogP contribution in [0.5, 0.6) is 0 Å². The van der Waals surface area contributed by atoms with Gasteiger partial charge in [0.2, 0.25) is 0 Å². The van der Waals surface area contributed by atoms with Gasteiger partial charge >= 0.3 is 0 Å². The summed E-state index contributed by atoms with van der Waals surface area (Å²) >= 11 is 7.25. The molecular weight excluding hydrogens is 411 g/mol. The Labute approximate surface area is 164 Å². The van der Waals surface area contributed by atoms with Crippen LogP contribution in [0.2, 0.25) is 5.02 Å². The summed E-state index contributed by atoms with van der Waals surface area (Å²) in [6, 6.07) is 10.2. The lowest BCUT2D eigenvalue weighted by Crippen LogP contribution is -2.18. The molecule has 2 aromatic carbocycles. The van der Waals surface area contributed by atoms with Crippen molar-refractivity contribution in [2.24, 2.45) is 4.99 Å². The van der Waals surface area contributed by atoms with Gasteiger partial charge in [0.25, 0.3) is 5.91 Å². The molecule has 1 heterocycles. The zero-order valence-corrected chi connectivity index (χ0v) is 16.5. The molecule has 1 aromatic heterocycles. The van der Waals surface area contributed by atoms with Crippen molar-refractivity contribution in [2.75, 3.05) is 6.26 Å². The third-order valence-corrected chi connectivity index (χ3v) is 5.99. The van der Waals surface area contributed by atoms with Crippen molar-refractivity contribution < 1.29 is 17.6 Å². The van der Waals surface area contributed by atoms with Crippen LogP contribution in [-0.2, 0) is 16.4 Å². The smallest absolute Gasteiger partial charge is 0.281 e. The molecule has 140 valence electrons. The van der Waals surface area contributed by atoms with E-state index in [-0.39, 0.29) is 27.8 Å². The molecule has 3 aromatic rings. The lowest BCUT2D eigenvalue weighted by atomic mass is 10.2. The number of aromatic nitrogens is 1. The Kier molecular flexibility index (Phi) is 5.59. The second-order valence-electron chi connectivity index (χ2n) is 5.74. The quantitative estimate of drug-likeness (QED) is 0.643. The monoisotopic (exact) mass is 424 g/mol. The maximum absolute atomic E-state index is 13.9. The Bertz CT molecular complexity index is 1180. The normalized spacial score (nSPS) is 12.3. The Balaban J connectivity index is 1.98. The van der Waals surface area contributed by atoms with Crippen LogP contribution in [0.25, 0.3) is 0 Å². The maximum atomic E-state index is 13.9. The van der Waals surface area contributed by atoms with E-state index in [0.717, 1.165) is 6.26 Å². The van der Waals surface area contributed by atoms with Crippen molar-refractivity contribution in [3.63, 3.8) is 0 Å². The summed E-state index contributed by atoms with van der Waals surface area (Å²) in [6.45, 7) is 0.208. The van der Waals surface area contributed by atoms with Gasteiger partial charge in [0.15, 0.2) is 14.6 Å². The summed E-state index contributed by atoms with van der Waals surface area (Å²) in [5.74, 6) is -1.02. The Hall–Kier alpha value is -2.29. The van der Waals surface area contributed by atoms with Gasteiger partial charge in [-0.1, -0.05) is 29.8 Å². The molecule has 0 radical (unpaired) electrons. The van der Waals surface area contributed by atoms with Crippen LogP contribution >= 0.6 is 22.9 Å². The number of halogens is 2. The minimum absolute atomic E-state index is 0.00886. The third kappa shape index (κ3) is 4.52. The van der Waals surface area contributed by atoms with Crippen molar-refractivity contribution in [3.05, 3.63) is 80.8 Å². The molecule has 1 amide bonds. The van der Waals surface area contributed by atoms with Gasteiger partial charge in [0, 0.05) is 23.4 Å². The van der Waals surface area contributed by atoms with Gasteiger partial charge in [-0.25, -0.2) is 12.8 Å². The SMILES string of the molecule is CS(=O)(=O)c1ccc(Cl)c(C(=O)N=c2sccn2Cc2ccccc2F)c1. The Morgan fingerprint density at radius 3 is 2.70 bits per heavy atom. The van der Waals surface area contributed by atoms with Gasteiger partial charge in [0.1, 0.15) is 5.82 Å². The topological polar surface area (TPSA) is 68.5 Å². The van der Waals surface area contributed by atoms with Gasteiger partial charge in [-0.05, 0) is 24.3 Å². The zero-order chi connectivity index (χ0) is 19.6. The van der Waals surface area contributed by atoms with E-state index in [0.29, 0.717) is 10.4 Å². The molecule has 0 fully saturated rings. The fraction of sp³-hybridized carbons (Fsp3) is 0.111. The van der Waals surface area contributed by atoms with E-state index in [4.69, 9.17) is 11.6 Å². The van der Waals surface area contributed by atoms with Crippen molar-refractivity contribution in [3.8, 4) is 0 Å². The Morgan fingerprint density at radius 2 is 2.00 bits per heavy atom. The van der Waals surface area contributed by atoms with E-state index in [9.17, 15) is 17.6 Å². The summed E-state index contributed by atoms with van der Waals surface area (Å²) in [5.41, 5.74) is 0.451. The van der Waals surface area contributed by atoms with Gasteiger partial charge < -0.3 is 4.57 Å². The first-order valence-corrected chi connectivity index (χ1v) is 10.9. The number of sulfone groups is 1. The fourth-order valence-electron chi connectivity index (χ4n) is 2.36. The van der Waals surface area contributed by atoms with Crippen LogP contribution in [0, 0.1) is 5.82 Å². The maximum Gasteiger partial charge on any atom is 0.281 e. The number of rotatable bonds is 4. The minimum Gasteiger partial charge on any atom is -0.319 e. The molecule has 27 heavy (non-hydrogen) atoms. The van der Waals surface area contributed by atoms with Gasteiger partial charge in [0.05, 0.1) is 22.0 Å². The van der Waals surface area contributed by atoms with E-state index >= 15 is 0 Å². The minimum atomic E-state index is -3.49. The molecule has 0 aliphatic heterocycles. The summed E-state index contributed by atoms with van der Waals surface area (Å²) in [4.78, 5) is 16.9. The highest BCUT2D eigenvalue weighted by Gasteiger charge is 2.15. The van der Waals surface area contributed by atoms with Crippen LogP contribution in [0.15, 0.2) is 63.9 Å². The van der Waals surface area contributed by atoms with Crippen molar-refractivity contribution in [2.45, 2.75) is 11.4 Å². The highest BCUT2D eigenvalue weighted by Crippen LogP contribution is 2.21. The molecule has 5 nitrogen and oxygen atoms in total. The van der Waals surface area contributed by atoms with Crippen LogP contribution in [0.3, 0.4) is 0 Å². The molecule has 0 aliphatic carbocycles. The molecule has 0 saturated carbocycles. The van der Waals surface area contributed by atoms with Crippen LogP contribution in [-0.4, -0.2) is 25.1 Å². The predicted octanol–water partition coefficient (Wildman–Crippen LogP) is 3.54. The first-order valence-electron chi connectivity index (χ1n) is 7.72. The van der Waals surface area contributed by atoms with Crippen LogP contribution < -0.4 is 4.80 Å². The molecule has 3 rings (SSSR count). The van der Waals surface area contributed by atoms with Crippen LogP contribution in [0.1, 0.15) is 15.9 Å². The van der Waals surface area contributed by atoms with Crippen molar-refractivity contribution in [1.29, 1.82) is 0 Å². The molecule has 0 aliphatic rings. The van der Waals surface area contributed by atoms with E-state index < -0.39 is 15.7 Å². The molecule has 9 heteroatoms. The lowest BCUT2D eigenvalue weighted by Gasteiger charge is -2.05. The number of hydrogen-bond donors (Lipinski definition) is 0. The summed E-state index contributed by atoms with van der Waals surface area (Å²) in [7, 11) is -3.49. The standard InChI is InChI=1S/C18H14ClFN2O3S2/c1-27(24,25)13-6-7-15(19)14(10-13)17(23)21-18-22(8-9-26-18)11-12-4-2-3-5-16(12)20/h2-10H,11H2,1H3. The second kappa shape index (κ2) is 7.75. The molecular formula is C18H14ClFN2O3S2. The number of nitrogens with zero attached hydrogens (tertiary/aromatic N) is 2. The largest absolute Gasteiger partial charge is 0.319 e. The van der Waals surface area contributed by atoms with Crippen LogP contribution in [0.4, 0.5) is 4.39 Å². The van der Waals surface area contributed by atoms with E-state index in [2.05, 4.69) is 4.99 Å². The number of carbonyl (C=O) groups excluding carboxylic acids is 1. The van der Waals surface area contributed by atoms with E-state index in [1.807, 2.05) is 0 Å². The molecule has 0 bridgehead atoms. The number of hydrogen-bond acceptors (Lipinski definition) is 4. The summed E-state index contributed by atoms with van der Waals surface area (Å²) in [6.07, 6.45) is 2.74. The number of thiazole rings is 1. The van der Waals surface area contributed by atoms with E-state index in [1.165, 1.54) is 35.6 Å². The molecule has 0 N–H and O–H groups in total. The zero-order valence-electron chi connectivity index (χ0n) is 14.1. The van der Waals surface area contributed by atoms with Crippen molar-refractivity contribution in [1.82, 2.24) is 4.57 Å². The predicted molar refractivity (Wildman–Crippen MR) is 102 cm³/mol. The second-order valence-corrected chi connectivity index (χ2v) is 9.03. The number of benzene rings is 2. The Morgan fingerprint density at radius 1 is 1.26 bits per heavy atom. The highest BCUT2D eigenvalue weighted by molar-refractivity contribution is 7.90. The average molecular weight is 425 g/mol. The van der Waals surface area contributed by atoms with Gasteiger partial charge in [-0.2, -0.15) is 4.99 Å². The van der Waals surface area contributed by atoms with Gasteiger partial charge in [-0.15, -0.1) is 11.3 Å². The first-order chi connectivity index (χ1) is 12.8. The van der Waals surface area contributed by atoms with Gasteiger partial charge in [-0.3, -0.25) is 4.79 Å². The fourth-order valence-corrected chi connectivity index (χ4v) is 3.93. The summed E-state index contributed by atoms with van der Waals surface area (Å²) < 4.78 is 38.9. The summed E-state index contributed by atoms with van der Waals surface area (Å²) in [5, 5.41) is 1.83. The molecule has 0 spiro atoms. The highest BCUT2D eigenvalue weighted by atomic mass is 35.5. The third-order valence-electron chi connectivity index (χ3n) is 3.75. The molecule has 0 saturated heterocycles. The lowest BCUT2D eigenvalue weighted by molar-refractivity contribution is 0.0997. The molecule has 0 unspecified atom stereocenters. The van der Waals surface area contributed by atoms with E-state index in [1.54, 1.807) is 34.3 Å². The number of amides is 1. The molecule has 0 atom stereocenters. The first kappa shape index (κ1) is 19.5. The van der Waals surface area contributed by atoms with Crippen molar-refractivity contribution >= 4 is 38.7 Å².